The van der Waals surface area contributed by atoms with E-state index in [0.29, 0.717) is 12.5 Å². The lowest BCUT2D eigenvalue weighted by Gasteiger charge is -2.38. The molecule has 0 unspecified atom stereocenters. The monoisotopic (exact) mass is 264 g/mol. The predicted molar refractivity (Wildman–Crippen MR) is 54.5 cm³/mol. The van der Waals surface area contributed by atoms with Crippen molar-refractivity contribution in [2.75, 3.05) is 0 Å². The molecular formula is C11H8ClF3O2. The molecule has 0 spiro atoms. The average molecular weight is 265 g/mol. The lowest BCUT2D eigenvalue weighted by Crippen LogP contribution is -2.43. The molecule has 0 radical (unpaired) electrons. The zero-order chi connectivity index (χ0) is 12.8. The van der Waals surface area contributed by atoms with Gasteiger partial charge in [0.1, 0.15) is 10.8 Å². The van der Waals surface area contributed by atoms with Gasteiger partial charge in [0.05, 0.1) is 5.41 Å². The van der Waals surface area contributed by atoms with Crippen molar-refractivity contribution < 1.29 is 23.1 Å². The molecule has 2 rings (SSSR count). The van der Waals surface area contributed by atoms with Gasteiger partial charge in [0.25, 0.3) is 0 Å². The maximum atomic E-state index is 13.7. The number of hydrogen-bond acceptors (Lipinski definition) is 1. The lowest BCUT2D eigenvalue weighted by molar-refractivity contribution is -0.147. The molecule has 1 N–H and O–H groups in total. The second kappa shape index (κ2) is 3.91. The molecule has 1 fully saturated rings. The molecule has 1 saturated carbocycles. The van der Waals surface area contributed by atoms with Crippen molar-refractivity contribution in [1.29, 1.82) is 0 Å². The number of rotatable bonds is 2. The quantitative estimate of drug-likeness (QED) is 0.658. The zero-order valence-electron chi connectivity index (χ0n) is 8.57. The molecule has 0 atom stereocenters. The lowest BCUT2D eigenvalue weighted by atomic mass is 9.64. The van der Waals surface area contributed by atoms with E-state index in [1.54, 1.807) is 0 Å². The molecule has 0 saturated heterocycles. The maximum Gasteiger partial charge on any atom is 0.314 e. The molecule has 1 aromatic carbocycles. The summed E-state index contributed by atoms with van der Waals surface area (Å²) < 4.78 is 39.9. The molecule has 92 valence electrons. The highest BCUT2D eigenvalue weighted by molar-refractivity contribution is 6.31. The van der Waals surface area contributed by atoms with Crippen LogP contribution in [0.4, 0.5) is 13.2 Å². The number of hydrogen-bond donors (Lipinski definition) is 1. The van der Waals surface area contributed by atoms with Gasteiger partial charge in [0, 0.05) is 5.56 Å². The number of halogens is 4. The zero-order valence-corrected chi connectivity index (χ0v) is 9.32. The van der Waals surface area contributed by atoms with E-state index < -0.39 is 33.9 Å². The van der Waals surface area contributed by atoms with E-state index >= 15 is 0 Å². The second-order valence-electron chi connectivity index (χ2n) is 4.09. The molecular weight excluding hydrogens is 257 g/mol. The number of benzene rings is 1. The van der Waals surface area contributed by atoms with Crippen molar-refractivity contribution in [2.24, 2.45) is 0 Å². The summed E-state index contributed by atoms with van der Waals surface area (Å²) >= 11 is 5.30. The van der Waals surface area contributed by atoms with Gasteiger partial charge in [-0.25, -0.2) is 13.2 Å². The molecule has 0 aromatic heterocycles. The third kappa shape index (κ3) is 1.60. The molecule has 1 aromatic rings. The van der Waals surface area contributed by atoms with Crippen LogP contribution in [0.2, 0.25) is 5.02 Å². The van der Waals surface area contributed by atoms with Crippen molar-refractivity contribution in [3.8, 4) is 0 Å². The molecule has 17 heavy (non-hydrogen) atoms. The Labute approximate surface area is 100 Å². The van der Waals surface area contributed by atoms with Gasteiger partial charge in [-0.3, -0.25) is 4.79 Å². The van der Waals surface area contributed by atoms with Gasteiger partial charge >= 0.3 is 5.97 Å². The summed E-state index contributed by atoms with van der Waals surface area (Å²) in [5, 5.41) is 8.09. The summed E-state index contributed by atoms with van der Waals surface area (Å²) in [7, 11) is 0. The number of carbonyl (C=O) groups is 1. The fourth-order valence-corrected chi connectivity index (χ4v) is 2.24. The summed E-state index contributed by atoms with van der Waals surface area (Å²) in [6.07, 6.45) is 0.990. The first kappa shape index (κ1) is 12.2. The van der Waals surface area contributed by atoms with E-state index in [2.05, 4.69) is 0 Å². The van der Waals surface area contributed by atoms with E-state index in [-0.39, 0.29) is 18.4 Å². The van der Waals surface area contributed by atoms with E-state index in [1.165, 1.54) is 0 Å². The summed E-state index contributed by atoms with van der Waals surface area (Å²) in [4.78, 5) is 11.1. The Morgan fingerprint density at radius 2 is 1.88 bits per heavy atom. The largest absolute Gasteiger partial charge is 0.481 e. The van der Waals surface area contributed by atoms with Crippen LogP contribution in [-0.4, -0.2) is 11.1 Å². The van der Waals surface area contributed by atoms with E-state index in [1.807, 2.05) is 0 Å². The SMILES string of the molecule is O=C(O)C1(c2cc(F)c(F)c(Cl)c2F)CCC1. The van der Waals surface area contributed by atoms with Crippen molar-refractivity contribution in [2.45, 2.75) is 24.7 Å². The summed E-state index contributed by atoms with van der Waals surface area (Å²) in [5.41, 5.74) is -1.84. The van der Waals surface area contributed by atoms with Crippen molar-refractivity contribution in [3.63, 3.8) is 0 Å². The minimum Gasteiger partial charge on any atom is -0.481 e. The Kier molecular flexibility index (Phi) is 2.81. The van der Waals surface area contributed by atoms with Crippen molar-refractivity contribution in [3.05, 3.63) is 34.1 Å². The Morgan fingerprint density at radius 3 is 2.29 bits per heavy atom. The van der Waals surface area contributed by atoms with Gasteiger partial charge in [0.15, 0.2) is 11.6 Å². The summed E-state index contributed by atoms with van der Waals surface area (Å²) in [6, 6.07) is 0.587. The van der Waals surface area contributed by atoms with Crippen LogP contribution in [-0.2, 0) is 10.2 Å². The highest BCUT2D eigenvalue weighted by Crippen LogP contribution is 2.46. The third-order valence-corrected chi connectivity index (χ3v) is 3.57. The van der Waals surface area contributed by atoms with Crippen LogP contribution < -0.4 is 0 Å². The highest BCUT2D eigenvalue weighted by Gasteiger charge is 2.48. The maximum absolute atomic E-state index is 13.7. The van der Waals surface area contributed by atoms with E-state index in [4.69, 9.17) is 16.7 Å². The molecule has 0 bridgehead atoms. The number of carboxylic acid groups (broad SMARTS) is 1. The van der Waals surface area contributed by atoms with E-state index in [9.17, 15) is 18.0 Å². The molecule has 1 aliphatic carbocycles. The van der Waals surface area contributed by atoms with Gasteiger partial charge < -0.3 is 5.11 Å². The van der Waals surface area contributed by atoms with Gasteiger partial charge in [-0.15, -0.1) is 0 Å². The molecule has 0 amide bonds. The Balaban J connectivity index is 2.64. The first-order valence-electron chi connectivity index (χ1n) is 4.97. The van der Waals surface area contributed by atoms with Crippen molar-refractivity contribution >= 4 is 17.6 Å². The topological polar surface area (TPSA) is 37.3 Å². The fourth-order valence-electron chi connectivity index (χ4n) is 2.05. The van der Waals surface area contributed by atoms with Crippen LogP contribution >= 0.6 is 11.6 Å². The smallest absolute Gasteiger partial charge is 0.314 e. The predicted octanol–water partition coefficient (Wildman–Crippen LogP) is 3.26. The molecule has 1 aliphatic rings. The van der Waals surface area contributed by atoms with Gasteiger partial charge in [0.2, 0.25) is 0 Å². The van der Waals surface area contributed by atoms with Gasteiger partial charge in [-0.05, 0) is 18.9 Å². The molecule has 0 heterocycles. The summed E-state index contributed by atoms with van der Waals surface area (Å²) in [5.74, 6) is -5.26. The number of carboxylic acids is 1. The Morgan fingerprint density at radius 1 is 1.29 bits per heavy atom. The van der Waals surface area contributed by atoms with Crippen molar-refractivity contribution in [1.82, 2.24) is 0 Å². The first-order valence-corrected chi connectivity index (χ1v) is 5.35. The third-order valence-electron chi connectivity index (χ3n) is 3.23. The molecule has 2 nitrogen and oxygen atoms in total. The Bertz CT molecular complexity index is 498. The molecule has 0 aliphatic heterocycles. The van der Waals surface area contributed by atoms with Crippen LogP contribution in [0.1, 0.15) is 24.8 Å². The van der Waals surface area contributed by atoms with Gasteiger partial charge in [-0.2, -0.15) is 0 Å². The number of aliphatic carboxylic acids is 1. The van der Waals surface area contributed by atoms with Gasteiger partial charge in [-0.1, -0.05) is 18.0 Å². The normalized spacial score (nSPS) is 17.6. The van der Waals surface area contributed by atoms with Crippen LogP contribution in [0.25, 0.3) is 0 Å². The van der Waals surface area contributed by atoms with Crippen LogP contribution in [0.5, 0.6) is 0 Å². The standard InChI is InChI=1S/C11H8ClF3O2/c12-7-8(14)5(4-6(13)9(7)15)11(10(16)17)2-1-3-11/h4H,1-3H2,(H,16,17). The Hall–Kier alpha value is -1.23. The first-order chi connectivity index (χ1) is 7.90. The van der Waals surface area contributed by atoms with E-state index in [0.717, 1.165) is 0 Å². The summed E-state index contributed by atoms with van der Waals surface area (Å²) in [6.45, 7) is 0. The van der Waals surface area contributed by atoms with Crippen LogP contribution in [0, 0.1) is 17.5 Å². The van der Waals surface area contributed by atoms with Crippen LogP contribution in [0.3, 0.4) is 0 Å². The average Bonchev–Trinajstić information content (AvgIpc) is 2.20. The fraction of sp³-hybridized carbons (Fsp3) is 0.364. The second-order valence-corrected chi connectivity index (χ2v) is 4.47. The molecule has 6 heteroatoms. The minimum atomic E-state index is -1.49. The minimum absolute atomic E-state index is 0.195. The van der Waals surface area contributed by atoms with Crippen LogP contribution in [0.15, 0.2) is 6.07 Å². The highest BCUT2D eigenvalue weighted by atomic mass is 35.5.